The molecule has 0 fully saturated rings. The zero-order valence-corrected chi connectivity index (χ0v) is 10.3. The van der Waals surface area contributed by atoms with Crippen molar-refractivity contribution in [1.29, 1.82) is 0 Å². The molecule has 0 atom stereocenters. The van der Waals surface area contributed by atoms with E-state index in [0.29, 0.717) is 0 Å². The van der Waals surface area contributed by atoms with Gasteiger partial charge in [0.15, 0.2) is 0 Å². The molecule has 6 heteroatoms. The van der Waals surface area contributed by atoms with E-state index in [2.05, 4.69) is 11.4 Å². The van der Waals surface area contributed by atoms with Gasteiger partial charge in [-0.2, -0.15) is 0 Å². The van der Waals surface area contributed by atoms with Crippen LogP contribution in [-0.4, -0.2) is 16.4 Å². The van der Waals surface area contributed by atoms with Gasteiger partial charge in [-0.15, -0.1) is 0 Å². The third-order valence-electron chi connectivity index (χ3n) is 1.76. The Hall–Kier alpha value is 0.604. The summed E-state index contributed by atoms with van der Waals surface area (Å²) in [6, 6.07) is 0. The Morgan fingerprint density at radius 2 is 1.57 bits per heavy atom. The molecule has 0 amide bonds. The molecule has 0 heterocycles. The van der Waals surface area contributed by atoms with Gasteiger partial charge in [-0.25, -0.2) is 4.57 Å². The molecule has 0 spiro atoms. The molecule has 0 saturated heterocycles. The van der Waals surface area contributed by atoms with Crippen molar-refractivity contribution >= 4 is 7.82 Å². The Kier molecular flexibility index (Phi) is 12.3. The van der Waals surface area contributed by atoms with E-state index in [0.717, 1.165) is 19.3 Å². The first kappa shape index (κ1) is 17.0. The maximum absolute atomic E-state index is 10.2. The Morgan fingerprint density at radius 3 is 2.07 bits per heavy atom. The van der Waals surface area contributed by atoms with Crippen LogP contribution in [0.3, 0.4) is 0 Å². The van der Waals surface area contributed by atoms with E-state index in [4.69, 9.17) is 9.79 Å². The van der Waals surface area contributed by atoms with Gasteiger partial charge >= 0.3 is 7.82 Å². The molecule has 0 unspecified atom stereocenters. The van der Waals surface area contributed by atoms with Crippen LogP contribution in [0.4, 0.5) is 0 Å². The second-order valence-electron chi connectivity index (χ2n) is 3.09. The molecular weight excluding hydrogens is 250 g/mol. The molecule has 2 N–H and O–H groups in total. The van der Waals surface area contributed by atoms with Gasteiger partial charge in [0.1, 0.15) is 0 Å². The molecule has 0 aliphatic carbocycles. The van der Waals surface area contributed by atoms with Crippen LogP contribution in [-0.2, 0) is 25.6 Å². The van der Waals surface area contributed by atoms with Gasteiger partial charge in [0.05, 0.1) is 6.61 Å². The second-order valence-corrected chi connectivity index (χ2v) is 4.33. The first-order valence-corrected chi connectivity index (χ1v) is 6.29. The number of phosphoric ester groups is 1. The van der Waals surface area contributed by atoms with E-state index < -0.39 is 7.82 Å². The number of rotatable bonds is 8. The fourth-order valence-electron chi connectivity index (χ4n) is 1.07. The first-order chi connectivity index (χ1) is 6.06. The summed E-state index contributed by atoms with van der Waals surface area (Å²) >= 11 is 0. The molecule has 0 rings (SSSR count). The smallest absolute Gasteiger partial charge is 0.303 e. The van der Waals surface area contributed by atoms with E-state index >= 15 is 0 Å². The fourth-order valence-corrected chi connectivity index (χ4v) is 1.43. The number of phosphoric acid groups is 1. The molecule has 0 bridgehead atoms. The summed E-state index contributed by atoms with van der Waals surface area (Å²) < 4.78 is 14.5. The molecule has 0 saturated carbocycles. The molecule has 0 aliphatic heterocycles. The monoisotopic (exact) mass is 268 g/mol. The molecule has 0 aromatic carbocycles. The van der Waals surface area contributed by atoms with E-state index in [1.54, 1.807) is 0 Å². The summed E-state index contributed by atoms with van der Waals surface area (Å²) in [5.41, 5.74) is 0. The number of hydrogen-bond acceptors (Lipinski definition) is 2. The summed E-state index contributed by atoms with van der Waals surface area (Å²) in [6.45, 7) is 2.31. The summed E-state index contributed by atoms with van der Waals surface area (Å²) in [7, 11) is -4.23. The molecule has 0 aliphatic rings. The van der Waals surface area contributed by atoms with Crippen molar-refractivity contribution in [2.45, 2.75) is 45.4 Å². The van der Waals surface area contributed by atoms with Crippen LogP contribution in [0, 0.1) is 0 Å². The van der Waals surface area contributed by atoms with Gasteiger partial charge in [-0.1, -0.05) is 39.0 Å². The number of hydrogen-bond donors (Lipinski definition) is 2. The predicted octanol–water partition coefficient (Wildman–Crippen LogP) is 2.45. The van der Waals surface area contributed by atoms with Gasteiger partial charge in [0.25, 0.3) is 0 Å². The summed E-state index contributed by atoms with van der Waals surface area (Å²) in [5.74, 6) is 0. The molecule has 4 nitrogen and oxygen atoms in total. The minimum absolute atomic E-state index is 0. The molecule has 0 aromatic heterocycles. The predicted molar refractivity (Wildman–Crippen MR) is 51.4 cm³/mol. The topological polar surface area (TPSA) is 66.8 Å². The number of unbranched alkanes of at least 4 members (excludes halogenated alkanes) is 5. The molecule has 90 valence electrons. The van der Waals surface area contributed by atoms with Gasteiger partial charge in [-0.3, -0.25) is 4.52 Å². The van der Waals surface area contributed by atoms with Crippen LogP contribution >= 0.6 is 7.82 Å². The van der Waals surface area contributed by atoms with E-state index in [1.807, 2.05) is 0 Å². The normalized spacial score (nSPS) is 11.1. The van der Waals surface area contributed by atoms with Crippen LogP contribution in [0.2, 0.25) is 0 Å². The average Bonchev–Trinajstić information content (AvgIpc) is 2.01. The van der Waals surface area contributed by atoms with Gasteiger partial charge in [0, 0.05) is 16.5 Å². The first-order valence-electron chi connectivity index (χ1n) is 4.76. The minimum Gasteiger partial charge on any atom is -0.303 e. The maximum atomic E-state index is 10.2. The van der Waals surface area contributed by atoms with E-state index in [-0.39, 0.29) is 23.1 Å². The fraction of sp³-hybridized carbons (Fsp3) is 1.00. The van der Waals surface area contributed by atoms with E-state index in [1.165, 1.54) is 19.3 Å². The van der Waals surface area contributed by atoms with E-state index in [9.17, 15) is 4.57 Å². The minimum atomic E-state index is -4.23. The van der Waals surface area contributed by atoms with Crippen molar-refractivity contribution in [3.8, 4) is 0 Å². The van der Waals surface area contributed by atoms with Crippen molar-refractivity contribution in [3.63, 3.8) is 0 Å². The molecular formula is C8H19NiO4P. The summed E-state index contributed by atoms with van der Waals surface area (Å²) in [4.78, 5) is 16.7. The van der Waals surface area contributed by atoms with Gasteiger partial charge in [-0.05, 0) is 6.42 Å². The van der Waals surface area contributed by atoms with Gasteiger partial charge in [0.2, 0.25) is 0 Å². The maximum Gasteiger partial charge on any atom is 0.469 e. The van der Waals surface area contributed by atoms with Gasteiger partial charge < -0.3 is 9.79 Å². The van der Waals surface area contributed by atoms with Crippen molar-refractivity contribution in [1.82, 2.24) is 0 Å². The average molecular weight is 269 g/mol. The van der Waals surface area contributed by atoms with Crippen molar-refractivity contribution < 1.29 is 35.4 Å². The van der Waals surface area contributed by atoms with Crippen molar-refractivity contribution in [2.24, 2.45) is 0 Å². The van der Waals surface area contributed by atoms with Crippen LogP contribution in [0.1, 0.15) is 45.4 Å². The Balaban J connectivity index is 0. The standard InChI is InChI=1S/C8H19O4P.Ni/c1-2-3-4-5-6-7-8-12-13(9,10)11;/h2-8H2,1H3,(H2,9,10,11);. The summed E-state index contributed by atoms with van der Waals surface area (Å²) in [6.07, 6.45) is 6.48. The SMILES string of the molecule is CCCCCCCCOP(=O)(O)O.[Ni]. The van der Waals surface area contributed by atoms with Crippen LogP contribution in [0.5, 0.6) is 0 Å². The van der Waals surface area contributed by atoms with Crippen molar-refractivity contribution in [2.75, 3.05) is 6.61 Å². The summed E-state index contributed by atoms with van der Waals surface area (Å²) in [5, 5.41) is 0. The molecule has 14 heavy (non-hydrogen) atoms. The van der Waals surface area contributed by atoms with Crippen LogP contribution in [0.15, 0.2) is 0 Å². The molecule has 0 radical (unpaired) electrons. The second kappa shape index (κ2) is 10.1. The molecule has 0 aromatic rings. The zero-order valence-electron chi connectivity index (χ0n) is 8.42. The van der Waals surface area contributed by atoms with Crippen LogP contribution in [0.25, 0.3) is 0 Å². The van der Waals surface area contributed by atoms with Crippen molar-refractivity contribution in [3.05, 3.63) is 0 Å². The van der Waals surface area contributed by atoms with Crippen LogP contribution < -0.4 is 0 Å². The zero-order chi connectivity index (χ0) is 10.2. The Bertz CT molecular complexity index is 159. The largest absolute Gasteiger partial charge is 0.469 e. The Morgan fingerprint density at radius 1 is 1.07 bits per heavy atom. The third-order valence-corrected chi connectivity index (χ3v) is 2.28. The third kappa shape index (κ3) is 15.1. The Labute approximate surface area is 95.6 Å². The quantitative estimate of drug-likeness (QED) is 0.403.